The number of carbonyl (C=O) groups excluding carboxylic acids is 1. The number of allylic oxidation sites excluding steroid dienone is 1. The summed E-state index contributed by atoms with van der Waals surface area (Å²) in [5, 5.41) is 4.63. The number of carbonyl (C=O) groups is 1. The lowest BCUT2D eigenvalue weighted by atomic mass is 10.2. The van der Waals surface area contributed by atoms with E-state index in [9.17, 15) is 4.79 Å². The van der Waals surface area contributed by atoms with E-state index in [1.165, 1.54) is 6.21 Å². The maximum absolute atomic E-state index is 12.0. The zero-order valence-corrected chi connectivity index (χ0v) is 13.1. The predicted molar refractivity (Wildman–Crippen MR) is 91.1 cm³/mol. The highest BCUT2D eigenvalue weighted by atomic mass is 16.5. The van der Waals surface area contributed by atoms with Gasteiger partial charge in [-0.3, -0.25) is 4.79 Å². The number of rotatable bonds is 6. The molecule has 0 saturated heterocycles. The number of hydrogen-bond donors (Lipinski definition) is 1. The van der Waals surface area contributed by atoms with Crippen molar-refractivity contribution < 1.29 is 18.4 Å². The second-order valence-electron chi connectivity index (χ2n) is 4.84. The highest BCUT2D eigenvalue weighted by Gasteiger charge is 2.12. The van der Waals surface area contributed by atoms with Crippen LogP contribution in [-0.4, -0.2) is 18.7 Å². The molecule has 1 amide bonds. The number of fused-ring (bicyclic) bond motifs is 1. The fraction of sp³-hybridized carbons (Fsp3) is 0.111. The molecule has 2 aromatic heterocycles. The average Bonchev–Trinajstić information content (AvgIpc) is 3.23. The molecule has 2 heterocycles. The van der Waals surface area contributed by atoms with E-state index in [0.29, 0.717) is 18.0 Å². The lowest BCUT2D eigenvalue weighted by molar-refractivity contribution is 0.0929. The van der Waals surface area contributed by atoms with Crippen molar-refractivity contribution in [2.75, 3.05) is 6.61 Å². The first-order chi connectivity index (χ1) is 11.8. The molecule has 0 aliphatic heterocycles. The Morgan fingerprint density at radius 1 is 1.33 bits per heavy atom. The van der Waals surface area contributed by atoms with E-state index in [1.54, 1.807) is 42.7 Å². The van der Waals surface area contributed by atoms with E-state index >= 15 is 0 Å². The SMILES string of the molecule is CCOc1ccc2oc(C(=O)N/N=C/C=C/c3ccco3)cc2c1. The first-order valence-corrected chi connectivity index (χ1v) is 7.46. The van der Waals surface area contributed by atoms with E-state index in [-0.39, 0.29) is 5.76 Å². The van der Waals surface area contributed by atoms with Crippen LogP contribution in [0.5, 0.6) is 5.75 Å². The van der Waals surface area contributed by atoms with Crippen LogP contribution in [0, 0.1) is 0 Å². The molecule has 0 aliphatic rings. The smallest absolute Gasteiger partial charge is 0.307 e. The average molecular weight is 324 g/mol. The number of furan rings is 2. The third-order valence-electron chi connectivity index (χ3n) is 3.15. The summed E-state index contributed by atoms with van der Waals surface area (Å²) in [5.41, 5.74) is 3.02. The highest BCUT2D eigenvalue weighted by molar-refractivity contribution is 5.96. The number of hydrogen-bond acceptors (Lipinski definition) is 5. The molecule has 0 aliphatic carbocycles. The van der Waals surface area contributed by atoms with Crippen molar-refractivity contribution in [3.05, 3.63) is 60.3 Å². The number of benzene rings is 1. The quantitative estimate of drug-likeness (QED) is 0.552. The van der Waals surface area contributed by atoms with Crippen molar-refractivity contribution in [2.45, 2.75) is 6.92 Å². The summed E-state index contributed by atoms with van der Waals surface area (Å²) in [4.78, 5) is 12.0. The third-order valence-corrected chi connectivity index (χ3v) is 3.15. The minimum atomic E-state index is -0.424. The molecule has 3 aromatic rings. The Labute approximate surface area is 138 Å². The van der Waals surface area contributed by atoms with Crippen molar-refractivity contribution in [3.63, 3.8) is 0 Å². The Morgan fingerprint density at radius 3 is 3.04 bits per heavy atom. The van der Waals surface area contributed by atoms with E-state index < -0.39 is 5.91 Å². The van der Waals surface area contributed by atoms with Crippen molar-refractivity contribution in [1.29, 1.82) is 0 Å². The van der Waals surface area contributed by atoms with Crippen LogP contribution in [0.2, 0.25) is 0 Å². The molecule has 6 heteroatoms. The van der Waals surface area contributed by atoms with Gasteiger partial charge in [0, 0.05) is 11.6 Å². The molecule has 122 valence electrons. The maximum atomic E-state index is 12.0. The van der Waals surface area contributed by atoms with Gasteiger partial charge < -0.3 is 13.6 Å². The lowest BCUT2D eigenvalue weighted by Gasteiger charge is -2.00. The minimum absolute atomic E-state index is 0.186. The lowest BCUT2D eigenvalue weighted by Crippen LogP contribution is -2.16. The number of nitrogens with zero attached hydrogens (tertiary/aromatic N) is 1. The fourth-order valence-electron chi connectivity index (χ4n) is 2.11. The van der Waals surface area contributed by atoms with Crippen LogP contribution in [0.4, 0.5) is 0 Å². The van der Waals surface area contributed by atoms with Gasteiger partial charge >= 0.3 is 5.91 Å². The molecule has 1 N–H and O–H groups in total. The molecule has 0 bridgehead atoms. The number of hydrazone groups is 1. The third kappa shape index (κ3) is 3.73. The van der Waals surface area contributed by atoms with Gasteiger partial charge in [0.1, 0.15) is 17.1 Å². The van der Waals surface area contributed by atoms with Gasteiger partial charge in [-0.15, -0.1) is 0 Å². The van der Waals surface area contributed by atoms with Gasteiger partial charge in [0.05, 0.1) is 12.9 Å². The van der Waals surface area contributed by atoms with Crippen LogP contribution in [0.3, 0.4) is 0 Å². The molecule has 0 saturated carbocycles. The summed E-state index contributed by atoms with van der Waals surface area (Å²) in [5.74, 6) is 1.20. The summed E-state index contributed by atoms with van der Waals surface area (Å²) in [7, 11) is 0. The summed E-state index contributed by atoms with van der Waals surface area (Å²) in [6, 6.07) is 10.7. The Balaban J connectivity index is 1.63. The van der Waals surface area contributed by atoms with Crippen molar-refractivity contribution in [3.8, 4) is 5.75 Å². The zero-order valence-electron chi connectivity index (χ0n) is 13.1. The van der Waals surface area contributed by atoms with Crippen LogP contribution in [0.25, 0.3) is 17.0 Å². The monoisotopic (exact) mass is 324 g/mol. The molecular formula is C18H16N2O4. The molecule has 6 nitrogen and oxygen atoms in total. The van der Waals surface area contributed by atoms with E-state index in [4.69, 9.17) is 13.6 Å². The first kappa shape index (κ1) is 15.6. The molecule has 0 fully saturated rings. The first-order valence-electron chi connectivity index (χ1n) is 7.46. The Morgan fingerprint density at radius 2 is 2.25 bits per heavy atom. The standard InChI is InChI=1S/C18H16N2O4/c1-2-22-15-7-8-16-13(11-15)12-17(24-16)18(21)20-19-9-3-5-14-6-4-10-23-14/h3-12H,2H2,1H3,(H,20,21)/b5-3+,19-9+. The number of nitrogens with one attached hydrogen (secondary N) is 1. The molecule has 0 spiro atoms. The summed E-state index contributed by atoms with van der Waals surface area (Å²) < 4.78 is 16.1. The second-order valence-corrected chi connectivity index (χ2v) is 4.84. The topological polar surface area (TPSA) is 77.0 Å². The second kappa shape index (κ2) is 7.32. The molecule has 1 aromatic carbocycles. The molecule has 3 rings (SSSR count). The summed E-state index contributed by atoms with van der Waals surface area (Å²) in [6.07, 6.45) is 6.42. The van der Waals surface area contributed by atoms with Gasteiger partial charge in [0.2, 0.25) is 0 Å². The molecular weight excluding hydrogens is 308 g/mol. The number of ether oxygens (including phenoxy) is 1. The Kier molecular flexibility index (Phi) is 4.76. The minimum Gasteiger partial charge on any atom is -0.494 e. The van der Waals surface area contributed by atoms with Crippen LogP contribution in [-0.2, 0) is 0 Å². The van der Waals surface area contributed by atoms with Crippen molar-refractivity contribution in [1.82, 2.24) is 5.43 Å². The van der Waals surface area contributed by atoms with E-state index in [2.05, 4.69) is 10.5 Å². The van der Waals surface area contributed by atoms with Gasteiger partial charge in [0.25, 0.3) is 0 Å². The zero-order chi connectivity index (χ0) is 16.8. The Hall–Kier alpha value is -3.28. The largest absolute Gasteiger partial charge is 0.494 e. The predicted octanol–water partition coefficient (Wildman–Crippen LogP) is 3.85. The van der Waals surface area contributed by atoms with Crippen LogP contribution in [0.1, 0.15) is 23.2 Å². The molecule has 0 atom stereocenters. The number of amides is 1. The van der Waals surface area contributed by atoms with Crippen LogP contribution < -0.4 is 10.2 Å². The van der Waals surface area contributed by atoms with Crippen LogP contribution >= 0.6 is 0 Å². The van der Waals surface area contributed by atoms with Gasteiger partial charge in [-0.1, -0.05) is 0 Å². The van der Waals surface area contributed by atoms with Crippen molar-refractivity contribution in [2.24, 2.45) is 5.10 Å². The normalized spacial score (nSPS) is 11.5. The summed E-state index contributed by atoms with van der Waals surface area (Å²) in [6.45, 7) is 2.49. The van der Waals surface area contributed by atoms with Gasteiger partial charge in [-0.2, -0.15) is 5.10 Å². The van der Waals surface area contributed by atoms with E-state index in [1.807, 2.05) is 19.1 Å². The highest BCUT2D eigenvalue weighted by Crippen LogP contribution is 2.24. The van der Waals surface area contributed by atoms with Gasteiger partial charge in [-0.25, -0.2) is 5.43 Å². The molecule has 0 radical (unpaired) electrons. The van der Waals surface area contributed by atoms with Gasteiger partial charge in [0.15, 0.2) is 5.76 Å². The van der Waals surface area contributed by atoms with Crippen LogP contribution in [0.15, 0.2) is 62.7 Å². The summed E-state index contributed by atoms with van der Waals surface area (Å²) >= 11 is 0. The maximum Gasteiger partial charge on any atom is 0.307 e. The Bertz CT molecular complexity index is 876. The molecule has 24 heavy (non-hydrogen) atoms. The fourth-order valence-corrected chi connectivity index (χ4v) is 2.11. The van der Waals surface area contributed by atoms with Gasteiger partial charge in [-0.05, 0) is 55.5 Å². The van der Waals surface area contributed by atoms with Crippen molar-refractivity contribution >= 4 is 29.2 Å². The van der Waals surface area contributed by atoms with E-state index in [0.717, 1.165) is 11.1 Å². The molecule has 0 unspecified atom stereocenters.